The van der Waals surface area contributed by atoms with Crippen LogP contribution in [0.5, 0.6) is 11.5 Å². The number of aromatic nitrogens is 1. The fourth-order valence-electron chi connectivity index (χ4n) is 2.65. The van der Waals surface area contributed by atoms with Gasteiger partial charge in [0.25, 0.3) is 6.43 Å². The van der Waals surface area contributed by atoms with Crippen LogP contribution in [0.1, 0.15) is 42.3 Å². The molecule has 26 heavy (non-hydrogen) atoms. The molecule has 5 nitrogen and oxygen atoms in total. The number of hydrogen-bond donors (Lipinski definition) is 2. The van der Waals surface area contributed by atoms with Gasteiger partial charge in [-0.25, -0.2) is 8.78 Å². The third-order valence-electron chi connectivity index (χ3n) is 4.15. The van der Waals surface area contributed by atoms with Crippen LogP contribution in [0.2, 0.25) is 5.02 Å². The van der Waals surface area contributed by atoms with Crippen LogP contribution in [0.4, 0.5) is 8.78 Å². The molecule has 2 unspecified atom stereocenters. The van der Waals surface area contributed by atoms with Gasteiger partial charge in [0.15, 0.2) is 11.5 Å². The smallest absolute Gasteiger partial charge is 0.280 e. The highest BCUT2D eigenvalue weighted by molar-refractivity contribution is 6.32. The van der Waals surface area contributed by atoms with Crippen molar-refractivity contribution in [2.75, 3.05) is 19.8 Å². The number of ether oxygens (including phenoxy) is 2. The van der Waals surface area contributed by atoms with E-state index in [1.165, 1.54) is 12.3 Å². The molecule has 2 heterocycles. The number of rotatable bonds is 6. The summed E-state index contributed by atoms with van der Waals surface area (Å²) in [7, 11) is 0. The van der Waals surface area contributed by atoms with Crippen LogP contribution in [0.25, 0.3) is 0 Å². The van der Waals surface area contributed by atoms with Crippen molar-refractivity contribution in [1.29, 1.82) is 0 Å². The van der Waals surface area contributed by atoms with E-state index in [1.807, 2.05) is 6.92 Å². The molecule has 140 valence electrons. The molecule has 1 aliphatic rings. The van der Waals surface area contributed by atoms with Crippen molar-refractivity contribution in [1.82, 2.24) is 10.3 Å². The highest BCUT2D eigenvalue weighted by Gasteiger charge is 2.20. The highest BCUT2D eigenvalue weighted by Crippen LogP contribution is 2.39. The maximum atomic E-state index is 12.6. The second-order valence-corrected chi connectivity index (χ2v) is 6.40. The molecule has 8 heteroatoms. The molecule has 0 bridgehead atoms. The van der Waals surface area contributed by atoms with Crippen LogP contribution in [0.3, 0.4) is 0 Å². The molecule has 1 aromatic heterocycles. The summed E-state index contributed by atoms with van der Waals surface area (Å²) in [6.07, 6.45) is -2.00. The van der Waals surface area contributed by atoms with Crippen molar-refractivity contribution in [3.05, 3.63) is 52.3 Å². The zero-order valence-corrected chi connectivity index (χ0v) is 14.8. The van der Waals surface area contributed by atoms with Crippen LogP contribution in [0.15, 0.2) is 30.5 Å². The lowest BCUT2D eigenvalue weighted by molar-refractivity contribution is 0.146. The number of halogens is 3. The van der Waals surface area contributed by atoms with Gasteiger partial charge < -0.3 is 19.9 Å². The average Bonchev–Trinajstić information content (AvgIpc) is 2.65. The fourth-order valence-corrected chi connectivity index (χ4v) is 2.92. The number of benzene rings is 1. The van der Waals surface area contributed by atoms with Gasteiger partial charge in [-0.2, -0.15) is 0 Å². The number of aliphatic hydroxyl groups is 1. The zero-order chi connectivity index (χ0) is 18.7. The summed E-state index contributed by atoms with van der Waals surface area (Å²) < 4.78 is 36.1. The van der Waals surface area contributed by atoms with E-state index in [0.717, 1.165) is 5.56 Å². The van der Waals surface area contributed by atoms with Gasteiger partial charge in [0.1, 0.15) is 18.9 Å². The second kappa shape index (κ2) is 8.16. The summed E-state index contributed by atoms with van der Waals surface area (Å²) in [5.41, 5.74) is 1.10. The number of pyridine rings is 1. The summed E-state index contributed by atoms with van der Waals surface area (Å²) in [5.74, 6) is 0.998. The Morgan fingerprint density at radius 3 is 2.69 bits per heavy atom. The number of nitrogens with zero attached hydrogens (tertiary/aromatic N) is 1. The average molecular weight is 385 g/mol. The van der Waals surface area contributed by atoms with E-state index in [9.17, 15) is 13.9 Å². The van der Waals surface area contributed by atoms with Gasteiger partial charge in [0, 0.05) is 18.8 Å². The molecular weight excluding hydrogens is 366 g/mol. The predicted molar refractivity (Wildman–Crippen MR) is 93.0 cm³/mol. The minimum atomic E-state index is -2.59. The summed E-state index contributed by atoms with van der Waals surface area (Å²) in [5, 5.41) is 14.0. The van der Waals surface area contributed by atoms with Gasteiger partial charge in [-0.1, -0.05) is 17.7 Å². The maximum Gasteiger partial charge on any atom is 0.280 e. The Balaban J connectivity index is 1.63. The molecule has 1 aliphatic heterocycles. The van der Waals surface area contributed by atoms with Crippen molar-refractivity contribution in [3.8, 4) is 11.5 Å². The van der Waals surface area contributed by atoms with Gasteiger partial charge in [-0.15, -0.1) is 0 Å². The van der Waals surface area contributed by atoms with Crippen LogP contribution in [-0.2, 0) is 0 Å². The van der Waals surface area contributed by atoms with Gasteiger partial charge >= 0.3 is 0 Å². The van der Waals surface area contributed by atoms with Crippen LogP contribution in [0, 0.1) is 0 Å². The molecule has 1 aromatic carbocycles. The molecule has 0 radical (unpaired) electrons. The largest absolute Gasteiger partial charge is 0.486 e. The van der Waals surface area contributed by atoms with Gasteiger partial charge in [-0.3, -0.25) is 4.98 Å². The number of alkyl halides is 2. The minimum absolute atomic E-state index is 0.170. The first-order chi connectivity index (χ1) is 12.5. The number of fused-ring (bicyclic) bond motifs is 1. The van der Waals surface area contributed by atoms with E-state index in [0.29, 0.717) is 35.3 Å². The molecular formula is C18H19ClF2N2O3. The van der Waals surface area contributed by atoms with Crippen molar-refractivity contribution in [2.45, 2.75) is 25.5 Å². The Kier molecular flexibility index (Phi) is 5.90. The summed E-state index contributed by atoms with van der Waals surface area (Å²) >= 11 is 6.18. The lowest BCUT2D eigenvalue weighted by Gasteiger charge is -2.22. The molecule has 0 fully saturated rings. The van der Waals surface area contributed by atoms with E-state index in [-0.39, 0.29) is 18.3 Å². The number of nitrogens with one attached hydrogen (secondary N) is 1. The first kappa shape index (κ1) is 18.8. The SMILES string of the molecule is CC(NCC(O)c1cc(Cl)c2c(c1)OCCO2)c1ccc(C(F)F)nc1. The van der Waals surface area contributed by atoms with Crippen LogP contribution < -0.4 is 14.8 Å². The number of hydrogen-bond acceptors (Lipinski definition) is 5. The van der Waals surface area contributed by atoms with Gasteiger partial charge in [0.05, 0.1) is 11.1 Å². The van der Waals surface area contributed by atoms with E-state index in [4.69, 9.17) is 21.1 Å². The minimum Gasteiger partial charge on any atom is -0.486 e. The third-order valence-corrected chi connectivity index (χ3v) is 4.43. The summed E-state index contributed by atoms with van der Waals surface area (Å²) in [6.45, 7) is 2.97. The quantitative estimate of drug-likeness (QED) is 0.792. The fraction of sp³-hybridized carbons (Fsp3) is 0.389. The monoisotopic (exact) mass is 384 g/mol. The van der Waals surface area contributed by atoms with Gasteiger partial charge in [-0.05, 0) is 36.2 Å². The van der Waals surface area contributed by atoms with Gasteiger partial charge in [0.2, 0.25) is 0 Å². The summed E-state index contributed by atoms with van der Waals surface area (Å²) in [6, 6.07) is 6.08. The molecule has 2 atom stereocenters. The Morgan fingerprint density at radius 1 is 1.23 bits per heavy atom. The topological polar surface area (TPSA) is 63.6 Å². The zero-order valence-electron chi connectivity index (χ0n) is 14.1. The number of aliphatic hydroxyl groups excluding tert-OH is 1. The molecule has 3 rings (SSSR count). The Bertz CT molecular complexity index is 759. The van der Waals surface area contributed by atoms with E-state index < -0.39 is 12.5 Å². The van der Waals surface area contributed by atoms with Crippen molar-refractivity contribution in [2.24, 2.45) is 0 Å². The second-order valence-electron chi connectivity index (χ2n) is 5.99. The van der Waals surface area contributed by atoms with Crippen LogP contribution in [-0.4, -0.2) is 29.8 Å². The molecule has 2 N–H and O–H groups in total. The Labute approximate surface area is 154 Å². The molecule has 0 saturated carbocycles. The first-order valence-corrected chi connectivity index (χ1v) is 8.58. The molecule has 0 aliphatic carbocycles. The molecule has 0 saturated heterocycles. The van der Waals surface area contributed by atoms with Crippen molar-refractivity contribution < 1.29 is 23.4 Å². The highest BCUT2D eigenvalue weighted by atomic mass is 35.5. The van der Waals surface area contributed by atoms with Crippen LogP contribution >= 0.6 is 11.6 Å². The summed E-state index contributed by atoms with van der Waals surface area (Å²) in [4.78, 5) is 3.74. The molecule has 0 spiro atoms. The standard InChI is InChI=1S/C18H19ClF2N2O3/c1-10(11-2-3-14(18(20)21)23-8-11)22-9-15(24)12-6-13(19)17-16(7-12)25-4-5-26-17/h2-3,6-8,10,15,18,22,24H,4-5,9H2,1H3. The predicted octanol–water partition coefficient (Wildman–Crippen LogP) is 3.83. The Hall–Kier alpha value is -1.96. The Morgan fingerprint density at radius 2 is 2.00 bits per heavy atom. The molecule has 0 amide bonds. The third kappa shape index (κ3) is 4.23. The maximum absolute atomic E-state index is 12.6. The first-order valence-electron chi connectivity index (χ1n) is 8.20. The van der Waals surface area contributed by atoms with Crippen molar-refractivity contribution >= 4 is 11.6 Å². The van der Waals surface area contributed by atoms with Crippen molar-refractivity contribution in [3.63, 3.8) is 0 Å². The van der Waals surface area contributed by atoms with E-state index >= 15 is 0 Å². The van der Waals surface area contributed by atoms with E-state index in [2.05, 4.69) is 10.3 Å². The van der Waals surface area contributed by atoms with E-state index in [1.54, 1.807) is 18.2 Å². The molecule has 2 aromatic rings. The lowest BCUT2D eigenvalue weighted by atomic mass is 10.1. The lowest BCUT2D eigenvalue weighted by Crippen LogP contribution is -2.25. The normalized spacial score (nSPS) is 15.8.